The van der Waals surface area contributed by atoms with E-state index >= 15 is 0 Å². The smallest absolute Gasteiger partial charge is 0.355 e. The summed E-state index contributed by atoms with van der Waals surface area (Å²) < 4.78 is 16.7. The van der Waals surface area contributed by atoms with Gasteiger partial charge in [-0.1, -0.05) is 6.07 Å². The van der Waals surface area contributed by atoms with Gasteiger partial charge in [0.25, 0.3) is 5.66 Å². The number of rotatable bonds is 8. The second-order valence-electron chi connectivity index (χ2n) is 6.38. The lowest BCUT2D eigenvalue weighted by Crippen LogP contribution is -2.48. The van der Waals surface area contributed by atoms with Crippen molar-refractivity contribution in [1.82, 2.24) is 5.32 Å². The minimum absolute atomic E-state index is 0.240. The Hall–Kier alpha value is -2.41. The van der Waals surface area contributed by atoms with Gasteiger partial charge in [0.05, 0.1) is 19.8 Å². The van der Waals surface area contributed by atoms with Crippen molar-refractivity contribution in [1.29, 1.82) is 0 Å². The molecule has 0 amide bonds. The van der Waals surface area contributed by atoms with Gasteiger partial charge >= 0.3 is 5.97 Å². The Labute approximate surface area is 153 Å². The van der Waals surface area contributed by atoms with Gasteiger partial charge in [0, 0.05) is 12.7 Å². The standard InChI is InChI=1S/C19H25N3O4/c1-3-25-18(23)19(10-11-21-22-19)20-13-14-8-9-16(24-2)17(12-14)26-15-6-4-5-7-15/h8-12,15,20H,3-7,13H2,1-2H3. The topological polar surface area (TPSA) is 81.5 Å². The monoisotopic (exact) mass is 359 g/mol. The largest absolute Gasteiger partial charge is 0.493 e. The van der Waals surface area contributed by atoms with Crippen LogP contribution in [0.4, 0.5) is 0 Å². The molecule has 3 rings (SSSR count). The lowest BCUT2D eigenvalue weighted by Gasteiger charge is -2.22. The lowest BCUT2D eigenvalue weighted by atomic mass is 10.1. The van der Waals surface area contributed by atoms with Crippen LogP contribution in [0, 0.1) is 0 Å². The van der Waals surface area contributed by atoms with Gasteiger partial charge in [-0.15, -0.1) is 5.11 Å². The first-order valence-electron chi connectivity index (χ1n) is 9.02. The average molecular weight is 359 g/mol. The number of esters is 1. The summed E-state index contributed by atoms with van der Waals surface area (Å²) in [6, 6.07) is 5.76. The van der Waals surface area contributed by atoms with Crippen molar-refractivity contribution in [3.05, 3.63) is 36.0 Å². The van der Waals surface area contributed by atoms with Crippen molar-refractivity contribution in [2.24, 2.45) is 10.2 Å². The van der Waals surface area contributed by atoms with E-state index in [4.69, 9.17) is 14.2 Å². The molecule has 7 heteroatoms. The van der Waals surface area contributed by atoms with E-state index in [1.165, 1.54) is 19.0 Å². The number of nitrogens with zero attached hydrogens (tertiary/aromatic N) is 2. The molecule has 0 spiro atoms. The van der Waals surface area contributed by atoms with Crippen molar-refractivity contribution in [3.63, 3.8) is 0 Å². The summed E-state index contributed by atoms with van der Waals surface area (Å²) >= 11 is 0. The number of methoxy groups -OCH3 is 1. The zero-order chi connectivity index (χ0) is 18.4. The van der Waals surface area contributed by atoms with E-state index in [-0.39, 0.29) is 12.7 Å². The Bertz CT molecular complexity index is 684. The number of ether oxygens (including phenoxy) is 3. The SMILES string of the molecule is CCOC(=O)C1(NCc2ccc(OC)c(OC3CCCC3)c2)C=CN=N1. The summed E-state index contributed by atoms with van der Waals surface area (Å²) in [5.74, 6) is 0.974. The second kappa shape index (κ2) is 8.31. The first-order valence-corrected chi connectivity index (χ1v) is 9.02. The maximum Gasteiger partial charge on any atom is 0.355 e. The van der Waals surface area contributed by atoms with Gasteiger partial charge < -0.3 is 14.2 Å². The first-order chi connectivity index (χ1) is 12.7. The van der Waals surface area contributed by atoms with E-state index in [2.05, 4.69) is 15.5 Å². The highest BCUT2D eigenvalue weighted by Crippen LogP contribution is 2.32. The fourth-order valence-electron chi connectivity index (χ4n) is 3.16. The molecule has 1 unspecified atom stereocenters. The third kappa shape index (κ3) is 4.04. The Morgan fingerprint density at radius 2 is 2.12 bits per heavy atom. The summed E-state index contributed by atoms with van der Waals surface area (Å²) in [6.45, 7) is 2.46. The van der Waals surface area contributed by atoms with Crippen molar-refractivity contribution in [3.8, 4) is 11.5 Å². The number of azo groups is 1. The van der Waals surface area contributed by atoms with Crippen molar-refractivity contribution in [2.45, 2.75) is 50.9 Å². The van der Waals surface area contributed by atoms with Crippen LogP contribution in [0.15, 0.2) is 40.7 Å². The van der Waals surface area contributed by atoms with Gasteiger partial charge in [-0.05, 0) is 56.4 Å². The van der Waals surface area contributed by atoms with E-state index in [0.29, 0.717) is 12.3 Å². The highest BCUT2D eigenvalue weighted by atomic mass is 16.5. The van der Waals surface area contributed by atoms with Crippen LogP contribution >= 0.6 is 0 Å². The third-order valence-corrected chi connectivity index (χ3v) is 4.57. The lowest BCUT2D eigenvalue weighted by molar-refractivity contribution is -0.148. The zero-order valence-electron chi connectivity index (χ0n) is 15.2. The summed E-state index contributed by atoms with van der Waals surface area (Å²) in [5.41, 5.74) is -0.305. The first kappa shape index (κ1) is 18.4. The fraction of sp³-hybridized carbons (Fsp3) is 0.526. The predicted molar refractivity (Wildman–Crippen MR) is 96.1 cm³/mol. The van der Waals surface area contributed by atoms with Crippen LogP contribution in [0.5, 0.6) is 11.5 Å². The molecule has 2 aliphatic rings. The number of hydrogen-bond acceptors (Lipinski definition) is 7. The van der Waals surface area contributed by atoms with Crippen molar-refractivity contribution < 1.29 is 19.0 Å². The van der Waals surface area contributed by atoms with Gasteiger partial charge in [0.2, 0.25) is 0 Å². The molecule has 1 aliphatic carbocycles. The number of hydrogen-bond donors (Lipinski definition) is 1. The normalized spacial score (nSPS) is 21.9. The third-order valence-electron chi connectivity index (χ3n) is 4.57. The van der Waals surface area contributed by atoms with Gasteiger partial charge in [0.1, 0.15) is 0 Å². The minimum atomic E-state index is -1.26. The second-order valence-corrected chi connectivity index (χ2v) is 6.38. The number of nitrogens with one attached hydrogen (secondary N) is 1. The van der Waals surface area contributed by atoms with Crippen LogP contribution in [-0.4, -0.2) is 31.5 Å². The van der Waals surface area contributed by atoms with Crippen LogP contribution in [-0.2, 0) is 16.1 Å². The van der Waals surface area contributed by atoms with Crippen molar-refractivity contribution >= 4 is 5.97 Å². The summed E-state index contributed by atoms with van der Waals surface area (Å²) in [4.78, 5) is 12.3. The molecule has 1 atom stereocenters. The summed E-state index contributed by atoms with van der Waals surface area (Å²) in [7, 11) is 1.63. The summed E-state index contributed by atoms with van der Waals surface area (Å²) in [5, 5.41) is 11.0. The summed E-state index contributed by atoms with van der Waals surface area (Å²) in [6.07, 6.45) is 7.88. The molecular formula is C19H25N3O4. The van der Waals surface area contributed by atoms with Crippen molar-refractivity contribution in [2.75, 3.05) is 13.7 Å². The highest BCUT2D eigenvalue weighted by molar-refractivity contribution is 5.83. The Morgan fingerprint density at radius 1 is 1.31 bits per heavy atom. The molecule has 26 heavy (non-hydrogen) atoms. The van der Waals surface area contributed by atoms with E-state index in [9.17, 15) is 4.79 Å². The minimum Gasteiger partial charge on any atom is -0.493 e. The molecule has 0 saturated heterocycles. The van der Waals surface area contributed by atoms with E-state index in [1.54, 1.807) is 20.1 Å². The Kier molecular flexibility index (Phi) is 5.88. The molecular weight excluding hydrogens is 334 g/mol. The molecule has 1 saturated carbocycles. The maximum atomic E-state index is 12.3. The van der Waals surface area contributed by atoms with Crippen LogP contribution < -0.4 is 14.8 Å². The molecule has 1 aliphatic heterocycles. The van der Waals surface area contributed by atoms with Crippen LogP contribution in [0.1, 0.15) is 38.2 Å². The van der Waals surface area contributed by atoms with Gasteiger partial charge in [-0.2, -0.15) is 5.11 Å². The Balaban J connectivity index is 1.71. The van der Waals surface area contributed by atoms with Gasteiger partial charge in [0.15, 0.2) is 11.5 Å². The fourth-order valence-corrected chi connectivity index (χ4v) is 3.16. The zero-order valence-corrected chi connectivity index (χ0v) is 15.2. The molecule has 0 bridgehead atoms. The van der Waals surface area contributed by atoms with Crippen LogP contribution in [0.3, 0.4) is 0 Å². The molecule has 1 aromatic rings. The molecule has 1 fully saturated rings. The quantitative estimate of drug-likeness (QED) is 0.720. The average Bonchev–Trinajstić information content (AvgIpc) is 3.33. The van der Waals surface area contributed by atoms with Crippen LogP contribution in [0.25, 0.3) is 0 Å². The molecule has 140 valence electrons. The number of benzene rings is 1. The van der Waals surface area contributed by atoms with E-state index in [0.717, 1.165) is 24.2 Å². The highest BCUT2D eigenvalue weighted by Gasteiger charge is 2.39. The predicted octanol–water partition coefficient (Wildman–Crippen LogP) is 3.35. The molecule has 0 radical (unpaired) electrons. The number of carbonyl (C=O) groups excluding carboxylic acids is 1. The molecule has 1 aromatic carbocycles. The molecule has 7 nitrogen and oxygen atoms in total. The van der Waals surface area contributed by atoms with Gasteiger partial charge in [-0.25, -0.2) is 4.79 Å². The van der Waals surface area contributed by atoms with Crippen LogP contribution in [0.2, 0.25) is 0 Å². The van der Waals surface area contributed by atoms with E-state index in [1.807, 2.05) is 18.2 Å². The number of carbonyl (C=O) groups is 1. The molecule has 1 N–H and O–H groups in total. The molecule has 0 aromatic heterocycles. The Morgan fingerprint density at radius 3 is 2.77 bits per heavy atom. The molecule has 1 heterocycles. The van der Waals surface area contributed by atoms with Gasteiger partial charge in [-0.3, -0.25) is 5.32 Å². The maximum absolute atomic E-state index is 12.3. The van der Waals surface area contributed by atoms with E-state index < -0.39 is 11.6 Å².